The van der Waals surface area contributed by atoms with Gasteiger partial charge in [-0.05, 0) is 42.0 Å². The highest BCUT2D eigenvalue weighted by Crippen LogP contribution is 2.36. The van der Waals surface area contributed by atoms with Crippen molar-refractivity contribution in [1.29, 1.82) is 0 Å². The summed E-state index contributed by atoms with van der Waals surface area (Å²) < 4.78 is 69.1. The summed E-state index contributed by atoms with van der Waals surface area (Å²) in [5, 5.41) is 8.14. The van der Waals surface area contributed by atoms with Crippen LogP contribution in [0.15, 0.2) is 60.9 Å². The smallest absolute Gasteiger partial charge is 0.329 e. The Morgan fingerprint density at radius 2 is 1.76 bits per heavy atom. The van der Waals surface area contributed by atoms with Crippen molar-refractivity contribution in [2.75, 3.05) is 11.9 Å². The van der Waals surface area contributed by atoms with Crippen molar-refractivity contribution in [3.8, 4) is 11.1 Å². The minimum atomic E-state index is -4.65. The Labute approximate surface area is 194 Å². The third kappa shape index (κ3) is 3.69. The molecule has 0 saturated carbocycles. The van der Waals surface area contributed by atoms with Gasteiger partial charge in [-0.15, -0.1) is 10.2 Å². The van der Waals surface area contributed by atoms with Crippen LogP contribution in [0.5, 0.6) is 0 Å². The molecule has 2 heterocycles. The van der Waals surface area contributed by atoms with Gasteiger partial charge in [-0.25, -0.2) is 8.78 Å². The monoisotopic (exact) mass is 489 g/mol. The second kappa shape index (κ2) is 7.91. The Bertz CT molecular complexity index is 1560. The summed E-state index contributed by atoms with van der Waals surface area (Å²) in [4.78, 5) is 6.11. The van der Waals surface area contributed by atoms with Gasteiger partial charge in [0.2, 0.25) is 0 Å². The van der Waals surface area contributed by atoms with Crippen LogP contribution in [-0.2, 0) is 6.18 Å². The van der Waals surface area contributed by atoms with Crippen LogP contribution < -0.4 is 4.90 Å². The van der Waals surface area contributed by atoms with E-state index in [1.165, 1.54) is 18.5 Å². The molecular weight excluding hydrogens is 477 g/mol. The van der Waals surface area contributed by atoms with Gasteiger partial charge < -0.3 is 4.90 Å². The van der Waals surface area contributed by atoms with Crippen LogP contribution in [0, 0.1) is 11.6 Å². The summed E-state index contributed by atoms with van der Waals surface area (Å²) in [5.41, 5.74) is 0.350. The summed E-state index contributed by atoms with van der Waals surface area (Å²) in [5.74, 6) is -1.06. The molecule has 0 unspecified atom stereocenters. The van der Waals surface area contributed by atoms with E-state index in [1.807, 2.05) is 0 Å². The first-order valence-electron chi connectivity index (χ1n) is 9.83. The van der Waals surface area contributed by atoms with Gasteiger partial charge in [-0.2, -0.15) is 18.2 Å². The molecule has 0 amide bonds. The van der Waals surface area contributed by atoms with E-state index in [-0.39, 0.29) is 16.4 Å². The summed E-state index contributed by atoms with van der Waals surface area (Å²) in [6, 6.07) is 11.6. The maximum atomic E-state index is 14.6. The molecule has 0 aliphatic rings. The van der Waals surface area contributed by atoms with Crippen LogP contribution in [0.1, 0.15) is 5.56 Å². The maximum Gasteiger partial charge on any atom is 0.416 e. The van der Waals surface area contributed by atoms with Gasteiger partial charge in [0.15, 0.2) is 0 Å². The van der Waals surface area contributed by atoms with E-state index in [2.05, 4.69) is 15.2 Å². The van der Waals surface area contributed by atoms with E-state index in [4.69, 9.17) is 11.6 Å². The molecule has 2 aromatic heterocycles. The highest BCUT2D eigenvalue weighted by atomic mass is 35.5. The highest BCUT2D eigenvalue weighted by molar-refractivity contribution is 6.31. The quantitative estimate of drug-likeness (QED) is 0.266. The topological polar surface area (TPSA) is 46.3 Å². The summed E-state index contributed by atoms with van der Waals surface area (Å²) in [7, 11) is 1.67. The molecule has 0 aliphatic carbocycles. The van der Waals surface area contributed by atoms with Crippen LogP contribution in [0.3, 0.4) is 0 Å². The Morgan fingerprint density at radius 1 is 0.971 bits per heavy atom. The number of fused-ring (bicyclic) bond motifs is 3. The third-order valence-electron chi connectivity index (χ3n) is 5.43. The molecular formula is C23H13ClF5N5. The molecule has 34 heavy (non-hydrogen) atoms. The summed E-state index contributed by atoms with van der Waals surface area (Å²) in [6.45, 7) is 0. The lowest BCUT2D eigenvalue weighted by molar-refractivity contribution is -0.137. The van der Waals surface area contributed by atoms with Crippen LogP contribution in [0.4, 0.5) is 33.5 Å². The van der Waals surface area contributed by atoms with Crippen LogP contribution in [0.2, 0.25) is 5.02 Å². The van der Waals surface area contributed by atoms with Gasteiger partial charge in [0.25, 0.3) is 5.78 Å². The van der Waals surface area contributed by atoms with Crippen molar-refractivity contribution in [1.82, 2.24) is 19.6 Å². The summed E-state index contributed by atoms with van der Waals surface area (Å²) in [6.07, 6.45) is -3.22. The van der Waals surface area contributed by atoms with E-state index < -0.39 is 23.4 Å². The zero-order valence-corrected chi connectivity index (χ0v) is 18.0. The molecule has 0 N–H and O–H groups in total. The molecule has 0 spiro atoms. The van der Waals surface area contributed by atoms with Crippen LogP contribution in [-0.4, -0.2) is 26.6 Å². The first-order chi connectivity index (χ1) is 16.1. The lowest BCUT2D eigenvalue weighted by Gasteiger charge is -2.21. The van der Waals surface area contributed by atoms with E-state index >= 15 is 0 Å². The van der Waals surface area contributed by atoms with Crippen molar-refractivity contribution in [3.05, 3.63) is 83.1 Å². The van der Waals surface area contributed by atoms with Crippen LogP contribution >= 0.6 is 11.6 Å². The average molecular weight is 490 g/mol. The van der Waals surface area contributed by atoms with Gasteiger partial charge in [-0.1, -0.05) is 29.8 Å². The number of alkyl halides is 3. The van der Waals surface area contributed by atoms with Gasteiger partial charge in [0.1, 0.15) is 23.8 Å². The molecule has 5 aromatic rings. The summed E-state index contributed by atoms with van der Waals surface area (Å²) >= 11 is 5.98. The molecule has 11 heteroatoms. The number of hydrogen-bond donors (Lipinski definition) is 0. The average Bonchev–Trinajstić information content (AvgIpc) is 3.27. The molecule has 5 nitrogen and oxygen atoms in total. The minimum Gasteiger partial charge on any atom is -0.329 e. The maximum absolute atomic E-state index is 14.6. The fourth-order valence-electron chi connectivity index (χ4n) is 3.73. The normalized spacial score (nSPS) is 12.0. The Morgan fingerprint density at radius 3 is 2.50 bits per heavy atom. The number of benzene rings is 3. The first kappa shape index (κ1) is 22.0. The molecule has 0 atom stereocenters. The van der Waals surface area contributed by atoms with Crippen molar-refractivity contribution in [3.63, 3.8) is 0 Å². The first-order valence-corrected chi connectivity index (χ1v) is 10.2. The zero-order valence-electron chi connectivity index (χ0n) is 17.3. The number of halogens is 6. The predicted octanol–water partition coefficient (Wildman–Crippen LogP) is 6.66. The molecule has 172 valence electrons. The van der Waals surface area contributed by atoms with E-state index in [0.717, 1.165) is 12.1 Å². The van der Waals surface area contributed by atoms with Gasteiger partial charge in [0.05, 0.1) is 16.1 Å². The molecule has 3 aromatic carbocycles. The van der Waals surface area contributed by atoms with E-state index in [0.29, 0.717) is 34.0 Å². The van der Waals surface area contributed by atoms with E-state index in [1.54, 1.807) is 40.6 Å². The number of aromatic nitrogens is 4. The predicted molar refractivity (Wildman–Crippen MR) is 118 cm³/mol. The fraction of sp³-hybridized carbons (Fsp3) is 0.0870. The highest BCUT2D eigenvalue weighted by Gasteiger charge is 2.31. The standard InChI is InChI=1S/C23H13ClF5N5/c1-33(21-16-9-19(26)17(24)10-20(16)34-11-30-32-22(34)31-21)14-4-2-3-12(7-14)15-6-5-13(8-18(15)25)23(27,28)29/h2-11H,1H3. The van der Waals surface area contributed by atoms with Crippen molar-refractivity contribution < 1.29 is 22.0 Å². The Balaban J connectivity index is 1.62. The number of rotatable bonds is 3. The van der Waals surface area contributed by atoms with E-state index in [9.17, 15) is 22.0 Å². The van der Waals surface area contributed by atoms with Gasteiger partial charge >= 0.3 is 6.18 Å². The molecule has 0 radical (unpaired) electrons. The van der Waals surface area contributed by atoms with Crippen LogP contribution in [0.25, 0.3) is 27.8 Å². The fourth-order valence-corrected chi connectivity index (χ4v) is 3.89. The Kier molecular flexibility index (Phi) is 5.12. The second-order valence-corrected chi connectivity index (χ2v) is 7.93. The number of nitrogens with zero attached hydrogens (tertiary/aromatic N) is 5. The number of hydrogen-bond acceptors (Lipinski definition) is 4. The lowest BCUT2D eigenvalue weighted by atomic mass is 10.0. The molecule has 0 fully saturated rings. The SMILES string of the molecule is CN(c1cccc(-c2ccc(C(F)(F)F)cc2F)c1)c1nc2nncn2c2cc(Cl)c(F)cc12. The molecule has 0 bridgehead atoms. The zero-order chi connectivity index (χ0) is 24.2. The van der Waals surface area contributed by atoms with Gasteiger partial charge in [-0.3, -0.25) is 4.40 Å². The van der Waals surface area contributed by atoms with Crippen molar-refractivity contribution in [2.45, 2.75) is 6.18 Å². The van der Waals surface area contributed by atoms with Gasteiger partial charge in [0, 0.05) is 23.7 Å². The Hall–Kier alpha value is -3.79. The third-order valence-corrected chi connectivity index (χ3v) is 5.72. The lowest BCUT2D eigenvalue weighted by Crippen LogP contribution is -2.13. The minimum absolute atomic E-state index is 0.00630. The van der Waals surface area contributed by atoms with Crippen molar-refractivity contribution >= 4 is 39.8 Å². The molecule has 0 saturated heterocycles. The largest absolute Gasteiger partial charge is 0.416 e. The second-order valence-electron chi connectivity index (χ2n) is 7.52. The van der Waals surface area contributed by atoms with Crippen molar-refractivity contribution in [2.24, 2.45) is 0 Å². The number of anilines is 2. The molecule has 5 rings (SSSR count). The molecule has 0 aliphatic heterocycles.